The summed E-state index contributed by atoms with van der Waals surface area (Å²) in [5.74, 6) is 1.30. The summed E-state index contributed by atoms with van der Waals surface area (Å²) < 4.78 is 0. The zero-order chi connectivity index (χ0) is 12.3. The van der Waals surface area contributed by atoms with Crippen LogP contribution < -0.4 is 0 Å². The molecule has 0 amide bonds. The highest BCUT2D eigenvalue weighted by molar-refractivity contribution is 5.42. The predicted octanol–water partition coefficient (Wildman–Crippen LogP) is 3.00. The summed E-state index contributed by atoms with van der Waals surface area (Å²) in [5, 5.41) is 0. The molecule has 1 rings (SSSR count). The van der Waals surface area contributed by atoms with Gasteiger partial charge in [-0.25, -0.2) is 0 Å². The third kappa shape index (κ3) is 2.69. The van der Waals surface area contributed by atoms with Gasteiger partial charge in [0.15, 0.2) is 0 Å². The molecule has 0 N–H and O–H groups in total. The van der Waals surface area contributed by atoms with Gasteiger partial charge < -0.3 is 9.80 Å². The fourth-order valence-corrected chi connectivity index (χ4v) is 1.67. The fraction of sp³-hybridized carbons (Fsp3) is 0.571. The summed E-state index contributed by atoms with van der Waals surface area (Å²) in [6, 6.07) is 1.01. The lowest BCUT2D eigenvalue weighted by Gasteiger charge is -2.37. The van der Waals surface area contributed by atoms with E-state index in [0.29, 0.717) is 12.1 Å². The Bertz CT molecular complexity index is 292. The molecule has 90 valence electrons. The van der Waals surface area contributed by atoms with Gasteiger partial charge in [-0.05, 0) is 27.7 Å². The second kappa shape index (κ2) is 5.24. The van der Waals surface area contributed by atoms with Gasteiger partial charge >= 0.3 is 0 Å². The van der Waals surface area contributed by atoms with Gasteiger partial charge in [-0.1, -0.05) is 24.3 Å². The standard InChI is InChI=1S/C14H24N2/c1-11(2)15(5)14(16(6)12(3)4)13-9-7-8-10-13/h7-12H,1-6H3. The largest absolute Gasteiger partial charge is 0.358 e. The Kier molecular flexibility index (Phi) is 4.22. The van der Waals surface area contributed by atoms with Crippen molar-refractivity contribution in [1.82, 2.24) is 9.80 Å². The zero-order valence-corrected chi connectivity index (χ0v) is 11.4. The van der Waals surface area contributed by atoms with Gasteiger partial charge in [-0.15, -0.1) is 0 Å². The number of hydrogen-bond donors (Lipinski definition) is 0. The highest BCUT2D eigenvalue weighted by atomic mass is 15.3. The van der Waals surface area contributed by atoms with Gasteiger partial charge in [0.25, 0.3) is 0 Å². The molecule has 0 spiro atoms. The van der Waals surface area contributed by atoms with E-state index >= 15 is 0 Å². The third-order valence-corrected chi connectivity index (χ3v) is 3.14. The minimum Gasteiger partial charge on any atom is -0.358 e. The highest BCUT2D eigenvalue weighted by Gasteiger charge is 2.18. The maximum absolute atomic E-state index is 2.33. The summed E-state index contributed by atoms with van der Waals surface area (Å²) in [5.41, 5.74) is 1.30. The summed E-state index contributed by atoms with van der Waals surface area (Å²) in [6.07, 6.45) is 8.54. The van der Waals surface area contributed by atoms with Crippen molar-refractivity contribution in [3.63, 3.8) is 0 Å². The van der Waals surface area contributed by atoms with Crippen LogP contribution >= 0.6 is 0 Å². The van der Waals surface area contributed by atoms with Gasteiger partial charge in [0.05, 0.1) is 0 Å². The van der Waals surface area contributed by atoms with Crippen LogP contribution in [0, 0.1) is 0 Å². The molecule has 0 unspecified atom stereocenters. The van der Waals surface area contributed by atoms with E-state index < -0.39 is 0 Å². The molecule has 0 radical (unpaired) electrons. The molecule has 16 heavy (non-hydrogen) atoms. The van der Waals surface area contributed by atoms with E-state index in [1.165, 1.54) is 11.4 Å². The first-order chi connectivity index (χ1) is 7.45. The first kappa shape index (κ1) is 12.9. The second-order valence-corrected chi connectivity index (χ2v) is 4.91. The van der Waals surface area contributed by atoms with Gasteiger partial charge in [0.2, 0.25) is 0 Å². The molecule has 0 aromatic carbocycles. The third-order valence-electron chi connectivity index (χ3n) is 3.14. The van der Waals surface area contributed by atoms with E-state index in [2.05, 4.69) is 75.9 Å². The van der Waals surface area contributed by atoms with Gasteiger partial charge in [0.1, 0.15) is 5.82 Å². The Morgan fingerprint density at radius 2 is 1.25 bits per heavy atom. The molecular formula is C14H24N2. The second-order valence-electron chi connectivity index (χ2n) is 4.91. The van der Waals surface area contributed by atoms with Crippen molar-refractivity contribution in [2.75, 3.05) is 14.1 Å². The van der Waals surface area contributed by atoms with Crippen LogP contribution in [0.1, 0.15) is 27.7 Å². The molecule has 2 nitrogen and oxygen atoms in total. The van der Waals surface area contributed by atoms with Gasteiger partial charge in [0, 0.05) is 31.8 Å². The number of nitrogens with zero attached hydrogens (tertiary/aromatic N) is 2. The number of hydrogen-bond acceptors (Lipinski definition) is 2. The molecule has 0 bridgehead atoms. The summed E-state index contributed by atoms with van der Waals surface area (Å²) in [7, 11) is 4.32. The Balaban J connectivity index is 3.09. The van der Waals surface area contributed by atoms with Crippen LogP contribution in [0.4, 0.5) is 0 Å². The van der Waals surface area contributed by atoms with Crippen molar-refractivity contribution in [2.45, 2.75) is 39.8 Å². The van der Waals surface area contributed by atoms with E-state index in [9.17, 15) is 0 Å². The Hall–Kier alpha value is -1.18. The molecule has 0 aromatic rings. The lowest BCUT2D eigenvalue weighted by molar-refractivity contribution is 0.205. The molecular weight excluding hydrogens is 196 g/mol. The zero-order valence-electron chi connectivity index (χ0n) is 11.4. The Morgan fingerprint density at radius 1 is 0.875 bits per heavy atom. The monoisotopic (exact) mass is 220 g/mol. The highest BCUT2D eigenvalue weighted by Crippen LogP contribution is 2.22. The average Bonchev–Trinajstić information content (AvgIpc) is 2.70. The molecule has 0 saturated carbocycles. The van der Waals surface area contributed by atoms with Crippen LogP contribution in [0.2, 0.25) is 0 Å². The summed E-state index contributed by atoms with van der Waals surface area (Å²) >= 11 is 0. The van der Waals surface area contributed by atoms with Crippen LogP contribution in [-0.2, 0) is 0 Å². The normalized spacial score (nSPS) is 14.1. The molecule has 2 heteroatoms. The van der Waals surface area contributed by atoms with Crippen molar-refractivity contribution in [3.05, 3.63) is 35.7 Å². The quantitative estimate of drug-likeness (QED) is 0.718. The van der Waals surface area contributed by atoms with Crippen LogP contribution in [0.25, 0.3) is 0 Å². The molecule has 0 fully saturated rings. The molecule has 0 saturated heterocycles. The molecule has 0 atom stereocenters. The van der Waals surface area contributed by atoms with E-state index in [0.717, 1.165) is 0 Å². The molecule has 1 aliphatic carbocycles. The van der Waals surface area contributed by atoms with Crippen molar-refractivity contribution < 1.29 is 0 Å². The fourth-order valence-electron chi connectivity index (χ4n) is 1.67. The van der Waals surface area contributed by atoms with Crippen molar-refractivity contribution in [1.29, 1.82) is 0 Å². The van der Waals surface area contributed by atoms with E-state index in [-0.39, 0.29) is 0 Å². The van der Waals surface area contributed by atoms with Crippen molar-refractivity contribution in [3.8, 4) is 0 Å². The minimum absolute atomic E-state index is 0.506. The van der Waals surface area contributed by atoms with Crippen molar-refractivity contribution in [2.24, 2.45) is 0 Å². The number of allylic oxidation sites excluding steroid dienone is 5. The lowest BCUT2D eigenvalue weighted by atomic mass is 10.2. The lowest BCUT2D eigenvalue weighted by Crippen LogP contribution is -2.38. The van der Waals surface area contributed by atoms with Crippen molar-refractivity contribution >= 4 is 0 Å². The van der Waals surface area contributed by atoms with Gasteiger partial charge in [-0.2, -0.15) is 0 Å². The van der Waals surface area contributed by atoms with Crippen LogP contribution in [0.5, 0.6) is 0 Å². The Labute approximate surface area is 99.9 Å². The van der Waals surface area contributed by atoms with Crippen LogP contribution in [0.15, 0.2) is 35.7 Å². The SMILES string of the molecule is CC(C)N(C)C(=C1C=CC=C1)N(C)C(C)C. The van der Waals surface area contributed by atoms with Crippen LogP contribution in [0.3, 0.4) is 0 Å². The maximum atomic E-state index is 2.33. The first-order valence-corrected chi connectivity index (χ1v) is 5.99. The smallest absolute Gasteiger partial charge is 0.111 e. The predicted molar refractivity (Wildman–Crippen MR) is 71.1 cm³/mol. The number of rotatable bonds is 4. The molecule has 0 aliphatic heterocycles. The summed E-state index contributed by atoms with van der Waals surface area (Å²) in [6.45, 7) is 8.88. The average molecular weight is 220 g/mol. The van der Waals surface area contributed by atoms with E-state index in [1.54, 1.807) is 0 Å². The molecule has 0 aromatic heterocycles. The van der Waals surface area contributed by atoms with E-state index in [1.807, 2.05) is 0 Å². The minimum atomic E-state index is 0.506. The van der Waals surface area contributed by atoms with E-state index in [4.69, 9.17) is 0 Å². The Morgan fingerprint density at radius 3 is 1.56 bits per heavy atom. The van der Waals surface area contributed by atoms with Crippen LogP contribution in [-0.4, -0.2) is 36.0 Å². The van der Waals surface area contributed by atoms with Gasteiger partial charge in [-0.3, -0.25) is 0 Å². The maximum Gasteiger partial charge on any atom is 0.111 e. The molecule has 1 aliphatic rings. The summed E-state index contributed by atoms with van der Waals surface area (Å²) in [4.78, 5) is 4.66. The first-order valence-electron chi connectivity index (χ1n) is 5.99. The topological polar surface area (TPSA) is 6.48 Å². The molecule has 0 heterocycles.